The fraction of sp³-hybridized carbons (Fsp3) is 0.526. The molecule has 3 heterocycles. The number of carbonyl (C=O) groups is 1. The van der Waals surface area contributed by atoms with E-state index >= 15 is 0 Å². The number of piperidine rings is 1. The van der Waals surface area contributed by atoms with Gasteiger partial charge < -0.3 is 4.90 Å². The molecule has 1 aromatic carbocycles. The monoisotopic (exact) mass is 339 g/mol. The van der Waals surface area contributed by atoms with Gasteiger partial charge in [-0.05, 0) is 37.3 Å². The number of carbonyl (C=O) groups excluding carboxylic acids is 1. The van der Waals surface area contributed by atoms with Crippen LogP contribution in [0.25, 0.3) is 0 Å². The van der Waals surface area contributed by atoms with Crippen LogP contribution in [0.4, 0.5) is 0 Å². The molecule has 1 fully saturated rings. The predicted octanol–water partition coefficient (Wildman–Crippen LogP) is 1.88. The zero-order valence-electron chi connectivity index (χ0n) is 14.7. The number of likely N-dealkylation sites (tertiary alicyclic amines) is 1. The number of H-pyrrole nitrogens is 1. The Hall–Kier alpha value is -2.21. The molecule has 1 atom stereocenters. The predicted molar refractivity (Wildman–Crippen MR) is 95.1 cm³/mol. The maximum Gasteiger partial charge on any atom is 0.236 e. The van der Waals surface area contributed by atoms with E-state index in [1.54, 1.807) is 0 Å². The van der Waals surface area contributed by atoms with Crippen molar-refractivity contribution in [1.29, 1.82) is 0 Å². The minimum Gasteiger partial charge on any atom is -0.341 e. The fourth-order valence-corrected chi connectivity index (χ4v) is 3.94. The molecule has 0 bridgehead atoms. The van der Waals surface area contributed by atoms with Crippen LogP contribution in [0.3, 0.4) is 0 Å². The molecule has 2 aromatic rings. The number of aromatic amines is 1. The van der Waals surface area contributed by atoms with Gasteiger partial charge in [0, 0.05) is 32.1 Å². The van der Waals surface area contributed by atoms with E-state index in [4.69, 9.17) is 0 Å². The van der Waals surface area contributed by atoms with Crippen molar-refractivity contribution in [2.24, 2.45) is 0 Å². The molecule has 1 aromatic heterocycles. The van der Waals surface area contributed by atoms with Crippen LogP contribution in [0, 0.1) is 6.92 Å². The van der Waals surface area contributed by atoms with E-state index in [2.05, 4.69) is 44.3 Å². The molecule has 6 nitrogen and oxygen atoms in total. The molecule has 25 heavy (non-hydrogen) atoms. The van der Waals surface area contributed by atoms with Crippen molar-refractivity contribution in [3.05, 3.63) is 47.0 Å². The van der Waals surface area contributed by atoms with E-state index in [0.717, 1.165) is 57.1 Å². The largest absolute Gasteiger partial charge is 0.341 e. The first-order valence-electron chi connectivity index (χ1n) is 9.15. The maximum absolute atomic E-state index is 12.8. The van der Waals surface area contributed by atoms with Gasteiger partial charge in [0.15, 0.2) is 5.82 Å². The molecule has 132 valence electrons. The van der Waals surface area contributed by atoms with Gasteiger partial charge in [0.1, 0.15) is 5.82 Å². The summed E-state index contributed by atoms with van der Waals surface area (Å²) < 4.78 is 0. The zero-order chi connectivity index (χ0) is 17.2. The normalized spacial score (nSPS) is 21.2. The molecule has 0 aliphatic carbocycles. The highest BCUT2D eigenvalue weighted by Crippen LogP contribution is 2.25. The minimum absolute atomic E-state index is 0.233. The number of nitrogens with zero attached hydrogens (tertiary/aromatic N) is 4. The standard InChI is InChI=1S/C19H25N5O/c1-14-20-19(22-21-14)17-7-4-9-24(12-17)18(25)13-23-10-8-15-5-2-3-6-16(15)11-23/h2-3,5-6,17H,4,7-13H2,1H3,(H,20,21,22)/t17-/m0/s1. The van der Waals surface area contributed by atoms with Gasteiger partial charge in [-0.1, -0.05) is 24.3 Å². The van der Waals surface area contributed by atoms with E-state index in [0.29, 0.717) is 6.54 Å². The van der Waals surface area contributed by atoms with E-state index in [9.17, 15) is 4.79 Å². The van der Waals surface area contributed by atoms with Crippen LogP contribution in [0.2, 0.25) is 0 Å². The number of rotatable bonds is 3. The van der Waals surface area contributed by atoms with Crippen LogP contribution >= 0.6 is 0 Å². The van der Waals surface area contributed by atoms with Crippen LogP contribution in [0.15, 0.2) is 24.3 Å². The maximum atomic E-state index is 12.8. The average Bonchev–Trinajstić information content (AvgIpc) is 3.08. The summed E-state index contributed by atoms with van der Waals surface area (Å²) in [6, 6.07) is 8.55. The first-order chi connectivity index (χ1) is 12.2. The van der Waals surface area contributed by atoms with Gasteiger partial charge in [-0.2, -0.15) is 5.10 Å². The van der Waals surface area contributed by atoms with Crippen LogP contribution in [-0.4, -0.2) is 57.1 Å². The van der Waals surface area contributed by atoms with Crippen molar-refractivity contribution in [3.8, 4) is 0 Å². The fourth-order valence-electron chi connectivity index (χ4n) is 3.94. The third kappa shape index (κ3) is 3.58. The second-order valence-corrected chi connectivity index (χ2v) is 7.19. The van der Waals surface area contributed by atoms with Crippen LogP contribution in [0.1, 0.15) is 41.5 Å². The first kappa shape index (κ1) is 16.3. The number of amides is 1. The molecule has 1 saturated heterocycles. The lowest BCUT2D eigenvalue weighted by Crippen LogP contribution is -2.45. The summed E-state index contributed by atoms with van der Waals surface area (Å²) in [5.41, 5.74) is 2.78. The van der Waals surface area contributed by atoms with Crippen molar-refractivity contribution in [2.75, 3.05) is 26.2 Å². The van der Waals surface area contributed by atoms with E-state index < -0.39 is 0 Å². The Balaban J connectivity index is 1.36. The summed E-state index contributed by atoms with van der Waals surface area (Å²) in [5.74, 6) is 2.17. The molecule has 0 saturated carbocycles. The van der Waals surface area contributed by atoms with Gasteiger partial charge in [0.25, 0.3) is 0 Å². The number of hydrogen-bond donors (Lipinski definition) is 1. The lowest BCUT2D eigenvalue weighted by Gasteiger charge is -2.34. The number of aromatic nitrogens is 3. The van der Waals surface area contributed by atoms with Crippen molar-refractivity contribution in [2.45, 2.75) is 38.6 Å². The Kier molecular flexibility index (Phi) is 4.53. The Morgan fingerprint density at radius 3 is 2.92 bits per heavy atom. The molecular formula is C19H25N5O. The number of aryl methyl sites for hydroxylation is 1. The van der Waals surface area contributed by atoms with E-state index in [1.807, 2.05) is 11.8 Å². The molecule has 4 rings (SSSR count). The smallest absolute Gasteiger partial charge is 0.236 e. The summed E-state index contributed by atoms with van der Waals surface area (Å²) in [6.07, 6.45) is 3.10. The summed E-state index contributed by atoms with van der Waals surface area (Å²) in [6.45, 7) is 5.84. The number of hydrogen-bond acceptors (Lipinski definition) is 4. The summed E-state index contributed by atoms with van der Waals surface area (Å²) in [7, 11) is 0. The van der Waals surface area contributed by atoms with Crippen molar-refractivity contribution in [3.63, 3.8) is 0 Å². The molecular weight excluding hydrogens is 314 g/mol. The molecule has 0 radical (unpaired) electrons. The van der Waals surface area contributed by atoms with Gasteiger partial charge in [0.05, 0.1) is 6.54 Å². The topological polar surface area (TPSA) is 65.1 Å². The van der Waals surface area contributed by atoms with Gasteiger partial charge in [0.2, 0.25) is 5.91 Å². The minimum atomic E-state index is 0.233. The lowest BCUT2D eigenvalue weighted by atomic mass is 9.97. The van der Waals surface area contributed by atoms with Crippen LogP contribution in [0.5, 0.6) is 0 Å². The van der Waals surface area contributed by atoms with Gasteiger partial charge in [-0.25, -0.2) is 4.98 Å². The van der Waals surface area contributed by atoms with Crippen molar-refractivity contribution >= 4 is 5.91 Å². The first-order valence-corrected chi connectivity index (χ1v) is 9.15. The molecule has 2 aliphatic heterocycles. The molecule has 2 aliphatic rings. The number of fused-ring (bicyclic) bond motifs is 1. The highest BCUT2D eigenvalue weighted by atomic mass is 16.2. The Labute approximate surface area is 148 Å². The zero-order valence-corrected chi connectivity index (χ0v) is 14.7. The number of benzene rings is 1. The van der Waals surface area contributed by atoms with Crippen LogP contribution in [-0.2, 0) is 17.8 Å². The second-order valence-electron chi connectivity index (χ2n) is 7.19. The second kappa shape index (κ2) is 6.96. The summed E-state index contributed by atoms with van der Waals surface area (Å²) in [4.78, 5) is 21.5. The highest BCUT2D eigenvalue weighted by molar-refractivity contribution is 5.78. The number of nitrogens with one attached hydrogen (secondary N) is 1. The molecule has 0 unspecified atom stereocenters. The SMILES string of the molecule is Cc1nc([C@H]2CCCN(C(=O)CN3CCc4ccccc4C3)C2)n[nH]1. The summed E-state index contributed by atoms with van der Waals surface area (Å²) >= 11 is 0. The third-order valence-electron chi connectivity index (χ3n) is 5.32. The average molecular weight is 339 g/mol. The van der Waals surface area contributed by atoms with E-state index in [1.165, 1.54) is 11.1 Å². The Bertz CT molecular complexity index is 756. The van der Waals surface area contributed by atoms with Gasteiger partial charge >= 0.3 is 0 Å². The third-order valence-corrected chi connectivity index (χ3v) is 5.32. The molecule has 6 heteroatoms. The van der Waals surface area contributed by atoms with Gasteiger partial charge in [-0.15, -0.1) is 0 Å². The Morgan fingerprint density at radius 1 is 1.28 bits per heavy atom. The van der Waals surface area contributed by atoms with Crippen LogP contribution < -0.4 is 0 Å². The van der Waals surface area contributed by atoms with E-state index in [-0.39, 0.29) is 11.8 Å². The Morgan fingerprint density at radius 2 is 2.12 bits per heavy atom. The molecule has 1 N–H and O–H groups in total. The molecule has 0 spiro atoms. The lowest BCUT2D eigenvalue weighted by molar-refractivity contribution is -0.133. The highest BCUT2D eigenvalue weighted by Gasteiger charge is 2.28. The van der Waals surface area contributed by atoms with Crippen molar-refractivity contribution in [1.82, 2.24) is 25.0 Å². The van der Waals surface area contributed by atoms with Gasteiger partial charge in [-0.3, -0.25) is 14.8 Å². The quantitative estimate of drug-likeness (QED) is 0.927. The van der Waals surface area contributed by atoms with Crippen molar-refractivity contribution < 1.29 is 4.79 Å². The summed E-state index contributed by atoms with van der Waals surface area (Å²) in [5, 5.41) is 7.20. The molecule has 1 amide bonds.